The summed E-state index contributed by atoms with van der Waals surface area (Å²) in [6, 6.07) is 1.67. The minimum Gasteiger partial charge on any atom is -0.338 e. The largest absolute Gasteiger partial charge is 0.338 e. The molecule has 134 valence electrons. The smallest absolute Gasteiger partial charge is 0.325 e. The molecule has 3 heterocycles. The number of fused-ring (bicyclic) bond motifs is 2. The first-order valence-electron chi connectivity index (χ1n) is 9.03. The van der Waals surface area contributed by atoms with Gasteiger partial charge in [-0.3, -0.25) is 14.5 Å². The van der Waals surface area contributed by atoms with Crippen LogP contribution in [0.1, 0.15) is 49.5 Å². The van der Waals surface area contributed by atoms with E-state index >= 15 is 0 Å². The summed E-state index contributed by atoms with van der Waals surface area (Å²) in [5.74, 6) is -0.399. The van der Waals surface area contributed by atoms with Gasteiger partial charge < -0.3 is 10.2 Å². The molecule has 3 aliphatic rings. The Labute approximate surface area is 151 Å². The van der Waals surface area contributed by atoms with Crippen molar-refractivity contribution in [3.8, 4) is 0 Å². The van der Waals surface area contributed by atoms with E-state index in [2.05, 4.69) is 5.32 Å². The van der Waals surface area contributed by atoms with Gasteiger partial charge >= 0.3 is 6.03 Å². The molecule has 4 amide bonds. The van der Waals surface area contributed by atoms with Gasteiger partial charge in [-0.15, -0.1) is 11.3 Å². The van der Waals surface area contributed by atoms with E-state index in [1.165, 1.54) is 0 Å². The zero-order valence-corrected chi connectivity index (χ0v) is 15.2. The van der Waals surface area contributed by atoms with Gasteiger partial charge in [0.25, 0.3) is 5.91 Å². The van der Waals surface area contributed by atoms with Crippen molar-refractivity contribution in [2.24, 2.45) is 0 Å². The molecule has 0 aromatic carbocycles. The van der Waals surface area contributed by atoms with Crippen LogP contribution in [0.25, 0.3) is 0 Å². The number of imide groups is 1. The van der Waals surface area contributed by atoms with Crippen molar-refractivity contribution in [3.63, 3.8) is 0 Å². The van der Waals surface area contributed by atoms with Crippen molar-refractivity contribution in [3.05, 3.63) is 21.9 Å². The molecule has 1 spiro atoms. The molecule has 0 radical (unpaired) electrons. The second-order valence-corrected chi connectivity index (χ2v) is 8.27. The molecule has 25 heavy (non-hydrogen) atoms. The summed E-state index contributed by atoms with van der Waals surface area (Å²) in [6.45, 7) is 2.59. The Morgan fingerprint density at radius 1 is 1.36 bits per heavy atom. The highest BCUT2D eigenvalue weighted by Crippen LogP contribution is 2.42. The number of likely N-dealkylation sites (tertiary alicyclic amines) is 1. The van der Waals surface area contributed by atoms with Crippen LogP contribution in [-0.2, 0) is 21.5 Å². The van der Waals surface area contributed by atoms with E-state index < -0.39 is 11.6 Å². The van der Waals surface area contributed by atoms with Crippen LogP contribution < -0.4 is 5.32 Å². The van der Waals surface area contributed by atoms with Crippen LogP contribution in [0.15, 0.2) is 11.4 Å². The highest BCUT2D eigenvalue weighted by molar-refractivity contribution is 7.10. The van der Waals surface area contributed by atoms with Gasteiger partial charge in [-0.25, -0.2) is 4.79 Å². The van der Waals surface area contributed by atoms with Crippen LogP contribution in [0, 0.1) is 0 Å². The van der Waals surface area contributed by atoms with E-state index in [1.54, 1.807) is 11.3 Å². The van der Waals surface area contributed by atoms with Crippen molar-refractivity contribution in [1.82, 2.24) is 15.1 Å². The number of nitrogens with zero attached hydrogens (tertiary/aromatic N) is 2. The second kappa shape index (κ2) is 6.12. The number of aryl methyl sites for hydroxylation is 1. The quantitative estimate of drug-likeness (QED) is 0.821. The Bertz CT molecular complexity index is 731. The van der Waals surface area contributed by atoms with Gasteiger partial charge in [-0.05, 0) is 56.9 Å². The number of rotatable bonds is 2. The van der Waals surface area contributed by atoms with E-state index in [9.17, 15) is 14.4 Å². The summed E-state index contributed by atoms with van der Waals surface area (Å²) in [5, 5.41) is 4.88. The van der Waals surface area contributed by atoms with Crippen LogP contribution in [0.5, 0.6) is 0 Å². The standard InChI is InChI=1S/C18H23N3O3S/c1-12-5-2-3-9-20(12)15(22)11-21-16(23)18(19-17(21)24)8-4-6-14-13(18)7-10-25-14/h7,10,12H,2-6,8-9,11H2,1H3,(H,19,24)/t12-,18-/m1/s1. The Balaban J connectivity index is 1.56. The molecular weight excluding hydrogens is 338 g/mol. The van der Waals surface area contributed by atoms with Crippen LogP contribution in [0.3, 0.4) is 0 Å². The van der Waals surface area contributed by atoms with Gasteiger partial charge in [-0.1, -0.05) is 0 Å². The van der Waals surface area contributed by atoms with E-state index in [0.29, 0.717) is 13.0 Å². The van der Waals surface area contributed by atoms with E-state index in [4.69, 9.17) is 0 Å². The molecule has 2 fully saturated rings. The summed E-state index contributed by atoms with van der Waals surface area (Å²) in [5.41, 5.74) is -0.0401. The average molecular weight is 361 g/mol. The number of amides is 4. The number of hydrogen-bond acceptors (Lipinski definition) is 4. The van der Waals surface area contributed by atoms with Crippen LogP contribution >= 0.6 is 11.3 Å². The average Bonchev–Trinajstić information content (AvgIpc) is 3.16. The number of urea groups is 1. The fraction of sp³-hybridized carbons (Fsp3) is 0.611. The highest BCUT2D eigenvalue weighted by Gasteiger charge is 2.54. The lowest BCUT2D eigenvalue weighted by Gasteiger charge is -2.34. The Morgan fingerprint density at radius 2 is 2.20 bits per heavy atom. The Kier molecular flexibility index (Phi) is 4.06. The molecule has 1 aromatic heterocycles. The van der Waals surface area contributed by atoms with Crippen molar-refractivity contribution in [1.29, 1.82) is 0 Å². The minimum absolute atomic E-state index is 0.130. The molecule has 2 saturated heterocycles. The fourth-order valence-corrected chi connectivity index (χ4v) is 5.38. The topological polar surface area (TPSA) is 69.7 Å². The monoisotopic (exact) mass is 361 g/mol. The lowest BCUT2D eigenvalue weighted by molar-refractivity contribution is -0.141. The molecule has 6 nitrogen and oxygen atoms in total. The molecule has 1 aromatic rings. The number of nitrogens with one attached hydrogen (secondary N) is 1. The summed E-state index contributed by atoms with van der Waals surface area (Å²) >= 11 is 1.63. The van der Waals surface area contributed by atoms with Crippen LogP contribution in [0.4, 0.5) is 4.79 Å². The first kappa shape index (κ1) is 16.6. The summed E-state index contributed by atoms with van der Waals surface area (Å²) < 4.78 is 0. The first-order valence-corrected chi connectivity index (χ1v) is 9.91. The number of carbonyl (C=O) groups is 3. The maximum absolute atomic E-state index is 13.1. The van der Waals surface area contributed by atoms with Gasteiger partial charge in [0.2, 0.25) is 5.91 Å². The Morgan fingerprint density at radius 3 is 3.00 bits per heavy atom. The maximum Gasteiger partial charge on any atom is 0.325 e. The molecule has 1 aliphatic carbocycles. The summed E-state index contributed by atoms with van der Waals surface area (Å²) in [6.07, 6.45) is 5.50. The number of piperidine rings is 1. The molecule has 7 heteroatoms. The summed E-state index contributed by atoms with van der Waals surface area (Å²) in [7, 11) is 0. The van der Waals surface area contributed by atoms with Crippen molar-refractivity contribution >= 4 is 29.2 Å². The maximum atomic E-state index is 13.1. The Hall–Kier alpha value is -1.89. The normalized spacial score (nSPS) is 29.1. The fourth-order valence-electron chi connectivity index (χ4n) is 4.38. The van der Waals surface area contributed by atoms with Crippen LogP contribution in [0.2, 0.25) is 0 Å². The number of hydrogen-bond donors (Lipinski definition) is 1. The SMILES string of the molecule is C[C@@H]1CCCCN1C(=O)CN1C(=O)N[C@@]2(CCCc3sccc32)C1=O. The van der Waals surface area contributed by atoms with E-state index in [1.807, 2.05) is 23.3 Å². The third kappa shape index (κ3) is 2.56. The molecule has 0 unspecified atom stereocenters. The predicted molar refractivity (Wildman–Crippen MR) is 94.2 cm³/mol. The molecule has 2 aliphatic heterocycles. The molecule has 2 atom stereocenters. The lowest BCUT2D eigenvalue weighted by atomic mass is 9.80. The second-order valence-electron chi connectivity index (χ2n) is 7.27. The predicted octanol–water partition coefficient (Wildman–Crippen LogP) is 2.23. The zero-order valence-electron chi connectivity index (χ0n) is 14.4. The molecular formula is C18H23N3O3S. The molecule has 4 rings (SSSR count). The first-order chi connectivity index (χ1) is 12.0. The van der Waals surface area contributed by atoms with Gasteiger partial charge in [0.15, 0.2) is 0 Å². The van der Waals surface area contributed by atoms with E-state index in [-0.39, 0.29) is 24.4 Å². The lowest BCUT2D eigenvalue weighted by Crippen LogP contribution is -2.49. The highest BCUT2D eigenvalue weighted by atomic mass is 32.1. The van der Waals surface area contributed by atoms with Gasteiger partial charge in [0.1, 0.15) is 12.1 Å². The third-order valence-electron chi connectivity index (χ3n) is 5.75. The molecule has 0 bridgehead atoms. The van der Waals surface area contributed by atoms with Crippen LogP contribution in [-0.4, -0.2) is 46.8 Å². The number of thiophene rings is 1. The van der Waals surface area contributed by atoms with Gasteiger partial charge in [0.05, 0.1) is 0 Å². The molecule has 0 saturated carbocycles. The third-order valence-corrected chi connectivity index (χ3v) is 6.73. The van der Waals surface area contributed by atoms with Gasteiger partial charge in [0, 0.05) is 23.0 Å². The number of carbonyl (C=O) groups excluding carboxylic acids is 3. The summed E-state index contributed by atoms with van der Waals surface area (Å²) in [4.78, 5) is 42.4. The zero-order chi connectivity index (χ0) is 17.6. The van der Waals surface area contributed by atoms with Gasteiger partial charge in [-0.2, -0.15) is 0 Å². The van der Waals surface area contributed by atoms with Crippen molar-refractivity contribution in [2.45, 2.75) is 57.0 Å². The minimum atomic E-state index is -0.960. The molecule has 1 N–H and O–H groups in total. The van der Waals surface area contributed by atoms with Crippen molar-refractivity contribution < 1.29 is 14.4 Å². The van der Waals surface area contributed by atoms with E-state index in [0.717, 1.165) is 47.4 Å². The van der Waals surface area contributed by atoms with Crippen molar-refractivity contribution in [2.75, 3.05) is 13.1 Å².